The Morgan fingerprint density at radius 1 is 1.50 bits per heavy atom. The van der Waals surface area contributed by atoms with Crippen LogP contribution in [0.25, 0.3) is 0 Å². The maximum absolute atomic E-state index is 12.3. The minimum Gasteiger partial charge on any atom is -0.335 e. The molecule has 4 nitrogen and oxygen atoms in total. The summed E-state index contributed by atoms with van der Waals surface area (Å²) in [7, 11) is 0. The molecule has 1 heterocycles. The van der Waals surface area contributed by atoms with Gasteiger partial charge in [-0.3, -0.25) is 9.78 Å². The van der Waals surface area contributed by atoms with Crippen LogP contribution in [0.2, 0.25) is 0 Å². The Bertz CT molecular complexity index is 440. The van der Waals surface area contributed by atoms with Crippen LogP contribution >= 0.6 is 0 Å². The fourth-order valence-electron chi connectivity index (χ4n) is 2.30. The van der Waals surface area contributed by atoms with Crippen LogP contribution in [0, 0.1) is 6.92 Å². The molecule has 0 aliphatic heterocycles. The van der Waals surface area contributed by atoms with Crippen LogP contribution in [-0.4, -0.2) is 27.9 Å². The van der Waals surface area contributed by atoms with Crippen molar-refractivity contribution in [2.24, 2.45) is 5.73 Å². The molecule has 0 radical (unpaired) electrons. The van der Waals surface area contributed by atoms with Crippen molar-refractivity contribution >= 4 is 5.91 Å². The van der Waals surface area contributed by atoms with Crippen molar-refractivity contribution < 1.29 is 4.79 Å². The van der Waals surface area contributed by atoms with Gasteiger partial charge in [0.05, 0.1) is 17.8 Å². The van der Waals surface area contributed by atoms with E-state index >= 15 is 0 Å². The van der Waals surface area contributed by atoms with Crippen LogP contribution in [0.15, 0.2) is 18.2 Å². The first-order valence-corrected chi connectivity index (χ1v) is 6.56. The zero-order chi connectivity index (χ0) is 13.2. The summed E-state index contributed by atoms with van der Waals surface area (Å²) in [6.07, 6.45) is 2.68. The first kappa shape index (κ1) is 13.0. The van der Waals surface area contributed by atoms with Gasteiger partial charge in [0.15, 0.2) is 0 Å². The van der Waals surface area contributed by atoms with E-state index in [1.54, 1.807) is 4.90 Å². The van der Waals surface area contributed by atoms with E-state index < -0.39 is 5.54 Å². The Labute approximate surface area is 108 Å². The summed E-state index contributed by atoms with van der Waals surface area (Å²) in [4.78, 5) is 18.6. The molecule has 0 atom stereocenters. The summed E-state index contributed by atoms with van der Waals surface area (Å²) in [5.74, 6) is 0.0690. The van der Waals surface area contributed by atoms with E-state index in [4.69, 9.17) is 5.73 Å². The first-order valence-electron chi connectivity index (χ1n) is 6.56. The standard InChI is InChI=1S/C14H21N3O/c1-3-17(13(18)14(15)8-5-9-14)10-12-7-4-6-11(2)16-12/h4,6-7H,3,5,8-10,15H2,1-2H3. The molecule has 1 aliphatic rings. The molecule has 0 aromatic carbocycles. The highest BCUT2D eigenvalue weighted by Crippen LogP contribution is 2.31. The number of hydrogen-bond acceptors (Lipinski definition) is 3. The molecule has 2 rings (SSSR count). The Morgan fingerprint density at radius 3 is 2.72 bits per heavy atom. The van der Waals surface area contributed by atoms with E-state index in [0.717, 1.165) is 30.7 Å². The number of hydrogen-bond donors (Lipinski definition) is 1. The largest absolute Gasteiger partial charge is 0.335 e. The summed E-state index contributed by atoms with van der Waals surface area (Å²) in [6.45, 7) is 5.16. The van der Waals surface area contributed by atoms with Gasteiger partial charge in [-0.25, -0.2) is 0 Å². The van der Waals surface area contributed by atoms with Crippen LogP contribution in [0.4, 0.5) is 0 Å². The van der Waals surface area contributed by atoms with Crippen molar-refractivity contribution in [3.05, 3.63) is 29.6 Å². The predicted molar refractivity (Wildman–Crippen MR) is 70.8 cm³/mol. The molecule has 0 saturated heterocycles. The molecule has 1 aliphatic carbocycles. The van der Waals surface area contributed by atoms with Gasteiger partial charge in [0.2, 0.25) is 5.91 Å². The van der Waals surface area contributed by atoms with Gasteiger partial charge in [-0.15, -0.1) is 0 Å². The van der Waals surface area contributed by atoms with E-state index in [1.165, 1.54) is 0 Å². The Kier molecular flexibility index (Phi) is 3.66. The third-order valence-electron chi connectivity index (χ3n) is 3.64. The predicted octanol–water partition coefficient (Wildman–Crippen LogP) is 1.62. The third kappa shape index (κ3) is 2.53. The number of aryl methyl sites for hydroxylation is 1. The van der Waals surface area contributed by atoms with Crippen LogP contribution in [0.3, 0.4) is 0 Å². The first-order chi connectivity index (χ1) is 8.55. The van der Waals surface area contributed by atoms with Crippen LogP contribution < -0.4 is 5.73 Å². The van der Waals surface area contributed by atoms with Gasteiger partial charge in [-0.05, 0) is 45.2 Å². The molecule has 4 heteroatoms. The summed E-state index contributed by atoms with van der Waals surface area (Å²) in [5.41, 5.74) is 7.38. The number of pyridine rings is 1. The smallest absolute Gasteiger partial charge is 0.242 e. The average Bonchev–Trinajstić information content (AvgIpc) is 2.32. The van der Waals surface area contributed by atoms with E-state index in [-0.39, 0.29) is 5.91 Å². The zero-order valence-corrected chi connectivity index (χ0v) is 11.1. The van der Waals surface area contributed by atoms with Crippen molar-refractivity contribution in [3.8, 4) is 0 Å². The number of nitrogens with zero attached hydrogens (tertiary/aromatic N) is 2. The van der Waals surface area contributed by atoms with E-state index in [0.29, 0.717) is 13.1 Å². The Balaban J connectivity index is 2.07. The summed E-state index contributed by atoms with van der Waals surface area (Å²) >= 11 is 0. The van der Waals surface area contributed by atoms with Crippen molar-refractivity contribution in [1.82, 2.24) is 9.88 Å². The molecule has 1 aromatic rings. The monoisotopic (exact) mass is 247 g/mol. The van der Waals surface area contributed by atoms with E-state index in [9.17, 15) is 4.79 Å². The SMILES string of the molecule is CCN(Cc1cccc(C)n1)C(=O)C1(N)CCC1. The molecule has 1 aromatic heterocycles. The van der Waals surface area contributed by atoms with Gasteiger partial charge in [0, 0.05) is 12.2 Å². The van der Waals surface area contributed by atoms with Crippen LogP contribution in [-0.2, 0) is 11.3 Å². The molecule has 98 valence electrons. The molecule has 1 saturated carbocycles. The number of nitrogens with two attached hydrogens (primary N) is 1. The summed E-state index contributed by atoms with van der Waals surface area (Å²) < 4.78 is 0. The van der Waals surface area contributed by atoms with Crippen molar-refractivity contribution in [2.75, 3.05) is 6.54 Å². The zero-order valence-electron chi connectivity index (χ0n) is 11.1. The van der Waals surface area contributed by atoms with Gasteiger partial charge in [-0.2, -0.15) is 0 Å². The number of rotatable bonds is 4. The lowest BCUT2D eigenvalue weighted by Crippen LogP contribution is -2.59. The second kappa shape index (κ2) is 5.06. The third-order valence-corrected chi connectivity index (χ3v) is 3.64. The van der Waals surface area contributed by atoms with Gasteiger partial charge < -0.3 is 10.6 Å². The van der Waals surface area contributed by atoms with Crippen LogP contribution in [0.1, 0.15) is 37.6 Å². The van der Waals surface area contributed by atoms with Gasteiger partial charge in [-0.1, -0.05) is 6.07 Å². The lowest BCUT2D eigenvalue weighted by atomic mass is 9.76. The lowest BCUT2D eigenvalue weighted by Gasteiger charge is -2.40. The van der Waals surface area contributed by atoms with Gasteiger partial charge >= 0.3 is 0 Å². The number of aromatic nitrogens is 1. The molecular formula is C14H21N3O. The molecule has 0 spiro atoms. The molecule has 0 unspecified atom stereocenters. The van der Waals surface area contributed by atoms with Crippen molar-refractivity contribution in [1.29, 1.82) is 0 Å². The molecule has 2 N–H and O–H groups in total. The van der Waals surface area contributed by atoms with E-state index in [2.05, 4.69) is 4.98 Å². The number of carbonyl (C=O) groups is 1. The molecule has 1 amide bonds. The van der Waals surface area contributed by atoms with E-state index in [1.807, 2.05) is 32.0 Å². The fraction of sp³-hybridized carbons (Fsp3) is 0.571. The minimum absolute atomic E-state index is 0.0690. The molecular weight excluding hydrogens is 226 g/mol. The Hall–Kier alpha value is -1.42. The average molecular weight is 247 g/mol. The maximum atomic E-state index is 12.3. The Morgan fingerprint density at radius 2 is 2.22 bits per heavy atom. The minimum atomic E-state index is -0.611. The molecule has 1 fully saturated rings. The second-order valence-corrected chi connectivity index (χ2v) is 5.10. The van der Waals surface area contributed by atoms with Gasteiger partial charge in [0.1, 0.15) is 0 Å². The highest BCUT2D eigenvalue weighted by atomic mass is 16.2. The van der Waals surface area contributed by atoms with Crippen LogP contribution in [0.5, 0.6) is 0 Å². The molecule has 18 heavy (non-hydrogen) atoms. The second-order valence-electron chi connectivity index (χ2n) is 5.10. The van der Waals surface area contributed by atoms with Crippen molar-refractivity contribution in [2.45, 2.75) is 45.2 Å². The normalized spacial score (nSPS) is 17.1. The summed E-state index contributed by atoms with van der Waals surface area (Å²) in [5, 5.41) is 0. The number of carbonyl (C=O) groups excluding carboxylic acids is 1. The molecule has 0 bridgehead atoms. The number of amides is 1. The number of likely N-dealkylation sites (N-methyl/N-ethyl adjacent to an activating group) is 1. The fourth-order valence-corrected chi connectivity index (χ4v) is 2.30. The van der Waals surface area contributed by atoms with Gasteiger partial charge in [0.25, 0.3) is 0 Å². The lowest BCUT2D eigenvalue weighted by molar-refractivity contribution is -0.140. The quantitative estimate of drug-likeness (QED) is 0.879. The summed E-state index contributed by atoms with van der Waals surface area (Å²) in [6, 6.07) is 5.88. The van der Waals surface area contributed by atoms with Crippen molar-refractivity contribution in [3.63, 3.8) is 0 Å². The highest BCUT2D eigenvalue weighted by molar-refractivity contribution is 5.87. The maximum Gasteiger partial charge on any atom is 0.242 e. The highest BCUT2D eigenvalue weighted by Gasteiger charge is 2.42. The topological polar surface area (TPSA) is 59.2 Å².